The highest BCUT2D eigenvalue weighted by Gasteiger charge is 2.11. The first-order valence-electron chi connectivity index (χ1n) is 9.08. The van der Waals surface area contributed by atoms with Crippen LogP contribution in [0, 0.1) is 20.2 Å². The van der Waals surface area contributed by atoms with Crippen molar-refractivity contribution in [3.8, 4) is 11.8 Å². The van der Waals surface area contributed by atoms with Gasteiger partial charge in [-0.2, -0.15) is 9.97 Å². The Labute approximate surface area is 230 Å². The number of rotatable bonds is 4. The fourth-order valence-corrected chi connectivity index (χ4v) is 2.54. The highest BCUT2D eigenvalue weighted by Crippen LogP contribution is 2.32. The second kappa shape index (κ2) is 14.2. The van der Waals surface area contributed by atoms with Gasteiger partial charge in [0, 0.05) is 24.5 Å². The number of H-pyrrole nitrogens is 1. The van der Waals surface area contributed by atoms with Crippen molar-refractivity contribution in [1.82, 2.24) is 29.9 Å². The van der Waals surface area contributed by atoms with E-state index in [1.54, 1.807) is 0 Å². The number of nitro groups is 2. The lowest BCUT2D eigenvalue weighted by Gasteiger charge is -2.05. The third kappa shape index (κ3) is 9.36. The maximum atomic E-state index is 10.6. The predicted octanol–water partition coefficient (Wildman–Crippen LogP) is 5.60. The Morgan fingerprint density at radius 1 is 0.784 bits per heavy atom. The van der Waals surface area contributed by atoms with Crippen molar-refractivity contribution in [3.05, 3.63) is 105 Å². The molecule has 37 heavy (non-hydrogen) atoms. The molecule has 0 aliphatic rings. The SMILES string of the molecule is O=[N+]([O-])c1cnc(Cl)nc1.O=[N+]([O-])c1cnc(Oc2ccnc(Cl)c2Cl)nc1.O=c1cc[nH]c(Cl)c1Cl. The Balaban J connectivity index is 0.000000214. The zero-order valence-corrected chi connectivity index (χ0v) is 21.4. The summed E-state index contributed by atoms with van der Waals surface area (Å²) in [4.78, 5) is 50.3. The number of hydrogen-bond donors (Lipinski definition) is 1. The van der Waals surface area contributed by atoms with Gasteiger partial charge in [0.1, 0.15) is 40.0 Å². The van der Waals surface area contributed by atoms with Crippen LogP contribution in [0.15, 0.2) is 54.1 Å². The van der Waals surface area contributed by atoms with Crippen LogP contribution in [0.4, 0.5) is 11.4 Å². The molecule has 192 valence electrons. The Morgan fingerprint density at radius 3 is 1.81 bits per heavy atom. The average Bonchev–Trinajstić information content (AvgIpc) is 2.87. The van der Waals surface area contributed by atoms with Crippen molar-refractivity contribution in [2.24, 2.45) is 0 Å². The average molecular weight is 611 g/mol. The van der Waals surface area contributed by atoms with Gasteiger partial charge in [-0.05, 0) is 11.6 Å². The van der Waals surface area contributed by atoms with Gasteiger partial charge in [0.2, 0.25) is 10.7 Å². The molecule has 0 fully saturated rings. The van der Waals surface area contributed by atoms with Gasteiger partial charge in [0.25, 0.3) is 0 Å². The van der Waals surface area contributed by atoms with Crippen molar-refractivity contribution in [2.45, 2.75) is 0 Å². The molecule has 4 heterocycles. The van der Waals surface area contributed by atoms with Crippen molar-refractivity contribution in [2.75, 3.05) is 0 Å². The molecule has 0 saturated carbocycles. The molecule has 0 saturated heterocycles. The maximum Gasteiger partial charge on any atom is 0.322 e. The van der Waals surface area contributed by atoms with E-state index < -0.39 is 9.85 Å². The third-order valence-electron chi connectivity index (χ3n) is 3.51. The molecule has 0 spiro atoms. The highest BCUT2D eigenvalue weighted by atomic mass is 35.5. The topological polar surface area (TPSA) is 193 Å². The Kier molecular flexibility index (Phi) is 11.3. The van der Waals surface area contributed by atoms with E-state index in [4.69, 9.17) is 62.7 Å². The minimum atomic E-state index is -0.611. The highest BCUT2D eigenvalue weighted by molar-refractivity contribution is 6.42. The van der Waals surface area contributed by atoms with Crippen LogP contribution in [0.25, 0.3) is 0 Å². The lowest BCUT2D eigenvalue weighted by Crippen LogP contribution is -1.99. The summed E-state index contributed by atoms with van der Waals surface area (Å²) in [6.07, 6.45) is 6.99. The molecule has 19 heteroatoms. The lowest BCUT2D eigenvalue weighted by atomic mass is 10.4. The molecule has 0 bridgehead atoms. The van der Waals surface area contributed by atoms with Crippen molar-refractivity contribution in [3.63, 3.8) is 0 Å². The van der Waals surface area contributed by atoms with Gasteiger partial charge in [-0.3, -0.25) is 25.0 Å². The monoisotopic (exact) mass is 608 g/mol. The second-order valence-corrected chi connectivity index (χ2v) is 7.76. The Morgan fingerprint density at radius 2 is 1.32 bits per heavy atom. The summed E-state index contributed by atoms with van der Waals surface area (Å²) in [5.41, 5.74) is -0.661. The standard InChI is InChI=1S/C9H4Cl2N4O3.C5H3Cl2NO.C4H2ClN3O2/c10-7-6(1-2-12-8(7)11)18-9-13-3-5(4-14-9)15(16)17;6-4-3(9)1-2-8-5(4)7;5-4-6-1-3(2-7-4)8(9)10/h1-4H;1-2H,(H,8,9);1-2H. The van der Waals surface area contributed by atoms with Gasteiger partial charge in [0.15, 0.2) is 10.9 Å². The zero-order chi connectivity index (χ0) is 27.5. The minimum Gasteiger partial charge on any atom is -0.423 e. The maximum absolute atomic E-state index is 10.6. The smallest absolute Gasteiger partial charge is 0.322 e. The number of pyridine rings is 2. The van der Waals surface area contributed by atoms with Crippen LogP contribution in [0.1, 0.15) is 0 Å². The number of hydrogen-bond acceptors (Lipinski definition) is 11. The molecule has 1 N–H and O–H groups in total. The van der Waals surface area contributed by atoms with E-state index in [0.29, 0.717) is 0 Å². The van der Waals surface area contributed by atoms with Crippen LogP contribution in [0.2, 0.25) is 25.6 Å². The normalized spacial score (nSPS) is 9.76. The molecule has 0 aliphatic carbocycles. The van der Waals surface area contributed by atoms with Crippen LogP contribution in [-0.2, 0) is 0 Å². The number of ether oxygens (including phenoxy) is 1. The number of nitrogens with one attached hydrogen (secondary N) is 1. The lowest BCUT2D eigenvalue weighted by molar-refractivity contribution is -0.385. The van der Waals surface area contributed by atoms with E-state index in [1.165, 1.54) is 24.5 Å². The molecule has 0 atom stereocenters. The molecule has 14 nitrogen and oxygen atoms in total. The summed E-state index contributed by atoms with van der Waals surface area (Å²) >= 11 is 27.6. The van der Waals surface area contributed by atoms with Gasteiger partial charge < -0.3 is 9.72 Å². The Bertz CT molecular complexity index is 1440. The van der Waals surface area contributed by atoms with Crippen molar-refractivity contribution in [1.29, 1.82) is 0 Å². The molecule has 0 amide bonds. The summed E-state index contributed by atoms with van der Waals surface area (Å²) in [5, 5.41) is 20.8. The number of nitrogens with zero attached hydrogens (tertiary/aromatic N) is 7. The molecule has 0 aromatic carbocycles. The number of aromatic amines is 1. The van der Waals surface area contributed by atoms with E-state index in [-0.39, 0.29) is 54.2 Å². The fourth-order valence-electron chi connectivity index (χ4n) is 1.87. The van der Waals surface area contributed by atoms with E-state index in [1.807, 2.05) is 0 Å². The third-order valence-corrected chi connectivity index (χ3v) is 5.22. The van der Waals surface area contributed by atoms with Crippen LogP contribution in [-0.4, -0.2) is 39.8 Å². The van der Waals surface area contributed by atoms with E-state index in [0.717, 1.165) is 24.8 Å². The quantitative estimate of drug-likeness (QED) is 0.131. The largest absolute Gasteiger partial charge is 0.423 e. The second-order valence-electron chi connectivity index (χ2n) is 5.93. The Hall–Kier alpha value is -3.69. The van der Waals surface area contributed by atoms with Crippen LogP contribution in [0.5, 0.6) is 11.8 Å². The van der Waals surface area contributed by atoms with Crippen molar-refractivity contribution >= 4 is 69.4 Å². The van der Waals surface area contributed by atoms with Crippen molar-refractivity contribution < 1.29 is 14.6 Å². The van der Waals surface area contributed by atoms with Crippen LogP contribution in [0.3, 0.4) is 0 Å². The van der Waals surface area contributed by atoms with Gasteiger partial charge in [-0.25, -0.2) is 15.0 Å². The summed E-state index contributed by atoms with van der Waals surface area (Å²) in [6.45, 7) is 0. The summed E-state index contributed by atoms with van der Waals surface area (Å²) in [5.74, 6) is 0.213. The first-order chi connectivity index (χ1) is 17.5. The molecule has 0 unspecified atom stereocenters. The number of halogens is 5. The van der Waals surface area contributed by atoms with Gasteiger partial charge in [0.05, 0.1) is 9.85 Å². The molecule has 4 aromatic heterocycles. The molecular formula is C18H9Cl5N8O6. The van der Waals surface area contributed by atoms with Crippen LogP contribution >= 0.6 is 58.0 Å². The van der Waals surface area contributed by atoms with Gasteiger partial charge in [-0.15, -0.1) is 0 Å². The molecule has 4 aromatic rings. The van der Waals surface area contributed by atoms with E-state index >= 15 is 0 Å². The molecular weight excluding hydrogens is 602 g/mol. The molecule has 0 radical (unpaired) electrons. The predicted molar refractivity (Wildman–Crippen MR) is 134 cm³/mol. The summed E-state index contributed by atoms with van der Waals surface area (Å²) in [7, 11) is 0. The first kappa shape index (κ1) is 29.5. The molecule has 0 aliphatic heterocycles. The molecule has 4 rings (SSSR count). The number of aromatic nitrogens is 6. The zero-order valence-electron chi connectivity index (χ0n) is 17.6. The first-order valence-corrected chi connectivity index (χ1v) is 11.0. The minimum absolute atomic E-state index is 0.00519. The fraction of sp³-hybridized carbons (Fsp3) is 0. The van der Waals surface area contributed by atoms with E-state index in [9.17, 15) is 25.0 Å². The van der Waals surface area contributed by atoms with Crippen LogP contribution < -0.4 is 10.2 Å². The summed E-state index contributed by atoms with van der Waals surface area (Å²) in [6, 6.07) is 2.71. The van der Waals surface area contributed by atoms with Gasteiger partial charge >= 0.3 is 17.4 Å². The summed E-state index contributed by atoms with van der Waals surface area (Å²) < 4.78 is 5.22. The van der Waals surface area contributed by atoms with Gasteiger partial charge in [-0.1, -0.05) is 46.4 Å². The van der Waals surface area contributed by atoms with E-state index in [2.05, 4.69) is 29.9 Å².